The second-order valence-corrected chi connectivity index (χ2v) is 18.1. The number of anilines is 3. The van der Waals surface area contributed by atoms with Gasteiger partial charge in [-0.3, -0.25) is 34.8 Å². The normalized spacial score (nSPS) is 17.2. The van der Waals surface area contributed by atoms with Crippen molar-refractivity contribution in [1.82, 2.24) is 45.8 Å². The molecule has 4 aromatic heterocycles. The van der Waals surface area contributed by atoms with Crippen LogP contribution in [0.1, 0.15) is 80.6 Å². The number of piperidine rings is 1. The van der Waals surface area contributed by atoms with Crippen molar-refractivity contribution in [1.29, 1.82) is 0 Å². The van der Waals surface area contributed by atoms with Crippen molar-refractivity contribution in [2.45, 2.75) is 65.3 Å². The van der Waals surface area contributed by atoms with Crippen LogP contribution >= 0.6 is 0 Å². The van der Waals surface area contributed by atoms with E-state index < -0.39 is 17.8 Å². The Morgan fingerprint density at radius 3 is 2.36 bits per heavy atom. The minimum absolute atomic E-state index is 0.0115. The van der Waals surface area contributed by atoms with E-state index in [1.165, 1.54) is 11.0 Å². The fraction of sp³-hybridized carbons (Fsp3) is 0.404. The first kappa shape index (κ1) is 42.5. The number of aryl methyl sites for hydroxylation is 1. The molecule has 9 rings (SSSR count). The van der Waals surface area contributed by atoms with Gasteiger partial charge in [-0.25, -0.2) is 14.2 Å². The first-order chi connectivity index (χ1) is 30.8. The Morgan fingerprint density at radius 1 is 0.906 bits per heavy atom. The van der Waals surface area contributed by atoms with E-state index in [4.69, 9.17) is 9.51 Å². The van der Waals surface area contributed by atoms with Crippen molar-refractivity contribution in [2.24, 2.45) is 5.92 Å². The lowest BCUT2D eigenvalue weighted by atomic mass is 9.95. The number of nitrogens with one attached hydrogen (secondary N) is 3. The van der Waals surface area contributed by atoms with E-state index >= 15 is 4.39 Å². The Kier molecular flexibility index (Phi) is 11.6. The number of carbonyl (C=O) groups excluding carboxylic acids is 3. The number of benzene rings is 2. The third-order valence-electron chi connectivity index (χ3n) is 12.6. The molecule has 4 amide bonds. The highest BCUT2D eigenvalue weighted by atomic mass is 19.1. The van der Waals surface area contributed by atoms with Gasteiger partial charge in [0.2, 0.25) is 11.8 Å². The molecule has 7 heterocycles. The molecule has 332 valence electrons. The highest BCUT2D eigenvalue weighted by Gasteiger charge is 2.29. The van der Waals surface area contributed by atoms with E-state index in [0.29, 0.717) is 17.5 Å². The second kappa shape index (κ2) is 17.4. The molecular formula is C47H53FN12O4. The molecule has 1 atom stereocenters. The monoisotopic (exact) mass is 868 g/mol. The standard InChI is InChI=1S/C47H53FN12O4/c1-28-22-31(6-9-35(28)29(2)51-44(62)43-53-45(64-56-43)47(3,4)5)41-36-23-32(25-50-42(36)55-54-41)38-10-7-34(26-49-38)59-20-18-57(19-21-59)27-30-12-15-58(16-13-30)33-8-11-39(37(48)24-33)60-17-14-40(61)52-46(60)63/h6-11,22-26,29-30H,12-21,27H2,1-5H3,(H,51,62)(H,50,54,55)(H,52,61,63). The molecule has 0 aliphatic carbocycles. The summed E-state index contributed by atoms with van der Waals surface area (Å²) in [5, 5.41) is 17.7. The molecule has 2 aromatic carbocycles. The summed E-state index contributed by atoms with van der Waals surface area (Å²) in [7, 11) is 0. The number of carbonyl (C=O) groups is 3. The number of rotatable bonds is 10. The summed E-state index contributed by atoms with van der Waals surface area (Å²) >= 11 is 0. The number of amides is 4. The maximum Gasteiger partial charge on any atom is 0.328 e. The molecule has 3 fully saturated rings. The number of H-pyrrole nitrogens is 1. The van der Waals surface area contributed by atoms with Gasteiger partial charge in [0, 0.05) is 92.6 Å². The summed E-state index contributed by atoms with van der Waals surface area (Å²) in [4.78, 5) is 59.0. The lowest BCUT2D eigenvalue weighted by molar-refractivity contribution is -0.120. The predicted octanol–water partition coefficient (Wildman–Crippen LogP) is 6.79. The molecule has 0 saturated carbocycles. The Labute approximate surface area is 370 Å². The fourth-order valence-corrected chi connectivity index (χ4v) is 8.91. The van der Waals surface area contributed by atoms with E-state index in [0.717, 1.165) is 109 Å². The van der Waals surface area contributed by atoms with Gasteiger partial charge in [-0.15, -0.1) is 0 Å². The molecule has 6 aromatic rings. The smallest absolute Gasteiger partial charge is 0.328 e. The molecular weight excluding hydrogens is 816 g/mol. The zero-order valence-electron chi connectivity index (χ0n) is 36.8. The zero-order valence-corrected chi connectivity index (χ0v) is 36.8. The molecule has 1 unspecified atom stereocenters. The van der Waals surface area contributed by atoms with E-state index in [2.05, 4.69) is 74.9 Å². The summed E-state index contributed by atoms with van der Waals surface area (Å²) in [6.07, 6.45) is 5.98. The minimum Gasteiger partial charge on any atom is -0.371 e. The largest absolute Gasteiger partial charge is 0.371 e. The minimum atomic E-state index is -0.585. The number of fused-ring (bicyclic) bond motifs is 1. The number of nitrogens with zero attached hydrogens (tertiary/aromatic N) is 9. The number of pyridine rings is 2. The lowest BCUT2D eigenvalue weighted by Crippen LogP contribution is -2.50. The molecule has 16 nitrogen and oxygen atoms in total. The van der Waals surface area contributed by atoms with Gasteiger partial charge in [-0.1, -0.05) is 38.1 Å². The van der Waals surface area contributed by atoms with E-state index in [-0.39, 0.29) is 41.8 Å². The number of hydrogen-bond donors (Lipinski definition) is 3. The number of imide groups is 1. The highest BCUT2D eigenvalue weighted by Crippen LogP contribution is 2.33. The highest BCUT2D eigenvalue weighted by molar-refractivity contribution is 6.05. The van der Waals surface area contributed by atoms with Gasteiger partial charge >= 0.3 is 6.03 Å². The van der Waals surface area contributed by atoms with Crippen LogP contribution in [-0.4, -0.2) is 105 Å². The number of piperazine rings is 1. The average molecular weight is 869 g/mol. The predicted molar refractivity (Wildman–Crippen MR) is 242 cm³/mol. The van der Waals surface area contributed by atoms with Crippen molar-refractivity contribution in [3.8, 4) is 22.5 Å². The third-order valence-corrected chi connectivity index (χ3v) is 12.6. The Balaban J connectivity index is 0.770. The van der Waals surface area contributed by atoms with Crippen LogP contribution in [0.5, 0.6) is 0 Å². The van der Waals surface area contributed by atoms with Gasteiger partial charge in [0.05, 0.1) is 29.3 Å². The number of urea groups is 1. The second-order valence-electron chi connectivity index (χ2n) is 18.1. The van der Waals surface area contributed by atoms with Crippen LogP contribution in [-0.2, 0) is 10.2 Å². The summed E-state index contributed by atoms with van der Waals surface area (Å²) in [6, 6.07) is 16.5. The molecule has 0 spiro atoms. The Hall–Kier alpha value is -6.75. The topological polar surface area (TPSA) is 182 Å². The van der Waals surface area contributed by atoms with Crippen molar-refractivity contribution in [2.75, 3.05) is 67.1 Å². The van der Waals surface area contributed by atoms with Crippen molar-refractivity contribution < 1.29 is 23.3 Å². The van der Waals surface area contributed by atoms with Gasteiger partial charge < -0.3 is 19.6 Å². The molecule has 3 N–H and O–H groups in total. The van der Waals surface area contributed by atoms with Crippen LogP contribution in [0.4, 0.5) is 26.2 Å². The molecule has 64 heavy (non-hydrogen) atoms. The average Bonchev–Trinajstić information content (AvgIpc) is 3.96. The number of aromatic nitrogens is 6. The Bertz CT molecular complexity index is 2690. The van der Waals surface area contributed by atoms with Gasteiger partial charge in [0.25, 0.3) is 11.7 Å². The fourth-order valence-electron chi connectivity index (χ4n) is 8.91. The van der Waals surface area contributed by atoms with Gasteiger partial charge in [-0.05, 0) is 86.2 Å². The first-order valence-electron chi connectivity index (χ1n) is 22.0. The maximum absolute atomic E-state index is 15.1. The molecule has 3 saturated heterocycles. The van der Waals surface area contributed by atoms with Crippen LogP contribution < -0.4 is 25.3 Å². The van der Waals surface area contributed by atoms with Gasteiger partial charge in [0.15, 0.2) is 5.65 Å². The molecule has 3 aliphatic rings. The van der Waals surface area contributed by atoms with Crippen molar-refractivity contribution in [3.05, 3.63) is 95.7 Å². The van der Waals surface area contributed by atoms with Gasteiger partial charge in [-0.2, -0.15) is 10.1 Å². The molecule has 17 heteroatoms. The first-order valence-corrected chi connectivity index (χ1v) is 22.0. The van der Waals surface area contributed by atoms with E-state index in [1.807, 2.05) is 65.2 Å². The summed E-state index contributed by atoms with van der Waals surface area (Å²) < 4.78 is 20.5. The van der Waals surface area contributed by atoms with Crippen molar-refractivity contribution >= 4 is 45.9 Å². The summed E-state index contributed by atoms with van der Waals surface area (Å²) in [5.74, 6) is -0.204. The quantitative estimate of drug-likeness (QED) is 0.131. The van der Waals surface area contributed by atoms with Crippen molar-refractivity contribution in [3.63, 3.8) is 0 Å². The SMILES string of the molecule is Cc1cc(-c2n[nH]c3ncc(-c4ccc(N5CCN(CC6CCN(c7ccc(N8CCC(=O)NC8=O)c(F)c7)CC6)CC5)cn4)cc23)ccc1C(C)NC(=O)c1noc(C(C)(C)C)n1. The molecule has 3 aliphatic heterocycles. The third kappa shape index (κ3) is 8.89. The molecule has 0 bridgehead atoms. The van der Waals surface area contributed by atoms with Crippen LogP contribution in [0.25, 0.3) is 33.5 Å². The number of halogens is 1. The summed E-state index contributed by atoms with van der Waals surface area (Å²) in [5.41, 5.74) is 7.82. The zero-order chi connectivity index (χ0) is 44.7. The van der Waals surface area contributed by atoms with Gasteiger partial charge in [0.1, 0.15) is 11.5 Å². The van der Waals surface area contributed by atoms with Crippen LogP contribution in [0.2, 0.25) is 0 Å². The molecule has 0 radical (unpaired) electrons. The lowest BCUT2D eigenvalue weighted by Gasteiger charge is -2.40. The number of hydrogen-bond acceptors (Lipinski definition) is 12. The van der Waals surface area contributed by atoms with Crippen LogP contribution in [0.3, 0.4) is 0 Å². The van der Waals surface area contributed by atoms with E-state index in [1.54, 1.807) is 6.07 Å². The number of aromatic amines is 1. The summed E-state index contributed by atoms with van der Waals surface area (Å²) in [6.45, 7) is 16.5. The Morgan fingerprint density at radius 2 is 1.67 bits per heavy atom. The van der Waals surface area contributed by atoms with Crippen LogP contribution in [0.15, 0.2) is 71.5 Å². The maximum atomic E-state index is 15.1. The van der Waals surface area contributed by atoms with Crippen LogP contribution in [0, 0.1) is 18.7 Å². The van der Waals surface area contributed by atoms with E-state index in [9.17, 15) is 14.4 Å².